The summed E-state index contributed by atoms with van der Waals surface area (Å²) in [5.41, 5.74) is 0.516. The van der Waals surface area contributed by atoms with Gasteiger partial charge >= 0.3 is 6.03 Å². The highest BCUT2D eigenvalue weighted by Gasteiger charge is 2.48. The molecule has 10 nitrogen and oxygen atoms in total. The summed E-state index contributed by atoms with van der Waals surface area (Å²) in [5, 5.41) is 10.5. The third-order valence-corrected chi connectivity index (χ3v) is 5.56. The standard InChI is InChI=1S/C22H17N5O5/c1-32-14-4-3-13-10-27(19(29)16(13)9-14)11-22(20(30)23-21(31)24-22)7-6-12-2-5-15-17(8-12)25-26-18(15)28/h2-5,8-9H,10-11H2,1H3,(H2,25,26,28)(H2,23,24,30,31). The normalized spacial score (nSPS) is 19.4. The van der Waals surface area contributed by atoms with E-state index in [0.29, 0.717) is 27.8 Å². The van der Waals surface area contributed by atoms with Gasteiger partial charge in [-0.2, -0.15) is 0 Å². The van der Waals surface area contributed by atoms with Crippen molar-refractivity contribution in [2.45, 2.75) is 12.1 Å². The Labute approximate surface area is 180 Å². The number of urea groups is 1. The Hall–Kier alpha value is -4.52. The number of aromatic amines is 2. The Morgan fingerprint density at radius 3 is 2.69 bits per heavy atom. The van der Waals surface area contributed by atoms with Crippen LogP contribution >= 0.6 is 0 Å². The fraction of sp³-hybridized carbons (Fsp3) is 0.182. The van der Waals surface area contributed by atoms with E-state index >= 15 is 0 Å². The van der Waals surface area contributed by atoms with E-state index in [2.05, 4.69) is 32.7 Å². The van der Waals surface area contributed by atoms with Crippen molar-refractivity contribution in [3.63, 3.8) is 0 Å². The zero-order valence-electron chi connectivity index (χ0n) is 16.9. The number of carbonyl (C=O) groups excluding carboxylic acids is 3. The first-order valence-electron chi connectivity index (χ1n) is 9.72. The molecule has 0 radical (unpaired) electrons. The number of H-pyrrole nitrogens is 2. The molecule has 1 atom stereocenters. The van der Waals surface area contributed by atoms with Gasteiger partial charge in [0.15, 0.2) is 0 Å². The molecule has 32 heavy (non-hydrogen) atoms. The summed E-state index contributed by atoms with van der Waals surface area (Å²) >= 11 is 0. The van der Waals surface area contributed by atoms with Crippen LogP contribution < -0.4 is 20.9 Å². The van der Waals surface area contributed by atoms with Crippen molar-refractivity contribution in [1.82, 2.24) is 25.7 Å². The number of amides is 4. The van der Waals surface area contributed by atoms with Crippen molar-refractivity contribution in [3.8, 4) is 17.6 Å². The second kappa shape index (κ2) is 7.02. The highest BCUT2D eigenvalue weighted by molar-refractivity contribution is 6.10. The lowest BCUT2D eigenvalue weighted by Crippen LogP contribution is -2.54. The highest BCUT2D eigenvalue weighted by atomic mass is 16.5. The molecule has 1 aromatic heterocycles. The van der Waals surface area contributed by atoms with Gasteiger partial charge in [0, 0.05) is 17.7 Å². The third-order valence-electron chi connectivity index (χ3n) is 5.56. The molecular weight excluding hydrogens is 414 g/mol. The van der Waals surface area contributed by atoms with Crippen molar-refractivity contribution in [3.05, 3.63) is 63.4 Å². The SMILES string of the molecule is COc1ccc2c(c1)C(=O)N(CC1(C#Cc3ccc4c(=O)[nH][nH]c4c3)NC(=O)NC1=O)C2. The average Bonchev–Trinajstić information content (AvgIpc) is 3.40. The van der Waals surface area contributed by atoms with Gasteiger partial charge in [-0.25, -0.2) is 4.79 Å². The van der Waals surface area contributed by atoms with Crippen LogP contribution in [-0.4, -0.2) is 52.1 Å². The topological polar surface area (TPSA) is 136 Å². The predicted molar refractivity (Wildman–Crippen MR) is 113 cm³/mol. The number of carbonyl (C=O) groups is 3. The van der Waals surface area contributed by atoms with Gasteiger partial charge in [-0.05, 0) is 35.9 Å². The number of ether oxygens (including phenoxy) is 1. The molecule has 0 spiro atoms. The minimum atomic E-state index is -1.61. The molecule has 160 valence electrons. The van der Waals surface area contributed by atoms with Crippen LogP contribution in [-0.2, 0) is 11.3 Å². The Bertz CT molecular complexity index is 1430. The summed E-state index contributed by atoms with van der Waals surface area (Å²) in [6.45, 7) is 0.151. The first-order chi connectivity index (χ1) is 15.4. The highest BCUT2D eigenvalue weighted by Crippen LogP contribution is 2.28. The fourth-order valence-electron chi connectivity index (χ4n) is 3.91. The average molecular weight is 431 g/mol. The molecule has 1 unspecified atom stereocenters. The van der Waals surface area contributed by atoms with Crippen LogP contribution in [0.25, 0.3) is 10.9 Å². The van der Waals surface area contributed by atoms with Gasteiger partial charge in [0.2, 0.25) is 5.54 Å². The molecule has 1 fully saturated rings. The summed E-state index contributed by atoms with van der Waals surface area (Å²) in [4.78, 5) is 50.7. The maximum atomic E-state index is 12.9. The van der Waals surface area contributed by atoms with E-state index in [-0.39, 0.29) is 24.6 Å². The maximum Gasteiger partial charge on any atom is 0.323 e. The van der Waals surface area contributed by atoms with Crippen molar-refractivity contribution in [1.29, 1.82) is 0 Å². The smallest absolute Gasteiger partial charge is 0.323 e. The van der Waals surface area contributed by atoms with Gasteiger partial charge in [-0.3, -0.25) is 29.9 Å². The number of benzene rings is 2. The molecule has 4 amide bonds. The second-order valence-corrected chi connectivity index (χ2v) is 7.59. The number of nitrogens with zero attached hydrogens (tertiary/aromatic N) is 1. The second-order valence-electron chi connectivity index (χ2n) is 7.59. The molecule has 10 heteroatoms. The number of methoxy groups -OCH3 is 1. The van der Waals surface area contributed by atoms with E-state index in [1.807, 2.05) is 0 Å². The van der Waals surface area contributed by atoms with E-state index in [0.717, 1.165) is 5.56 Å². The molecule has 0 bridgehead atoms. The summed E-state index contributed by atoms with van der Waals surface area (Å²) in [6.07, 6.45) is 0. The largest absolute Gasteiger partial charge is 0.497 e. The lowest BCUT2D eigenvalue weighted by molar-refractivity contribution is -0.122. The van der Waals surface area contributed by atoms with Crippen LogP contribution in [0.1, 0.15) is 21.5 Å². The van der Waals surface area contributed by atoms with Crippen LogP contribution in [0.15, 0.2) is 41.2 Å². The van der Waals surface area contributed by atoms with Crippen LogP contribution in [0, 0.1) is 11.8 Å². The Morgan fingerprint density at radius 1 is 1.09 bits per heavy atom. The number of nitrogens with one attached hydrogen (secondary N) is 4. The lowest BCUT2D eigenvalue weighted by Gasteiger charge is -2.26. The summed E-state index contributed by atoms with van der Waals surface area (Å²) in [5.74, 6) is 5.38. The van der Waals surface area contributed by atoms with Gasteiger partial charge in [-0.15, -0.1) is 0 Å². The molecule has 2 aromatic carbocycles. The number of hydrogen-bond donors (Lipinski definition) is 4. The number of imide groups is 1. The zero-order chi connectivity index (χ0) is 22.5. The van der Waals surface area contributed by atoms with Gasteiger partial charge in [0.05, 0.1) is 24.6 Å². The van der Waals surface area contributed by atoms with Crippen molar-refractivity contribution < 1.29 is 19.1 Å². The number of fused-ring (bicyclic) bond motifs is 2. The summed E-state index contributed by atoms with van der Waals surface area (Å²) in [6, 6.07) is 9.44. The molecular formula is C22H17N5O5. The van der Waals surface area contributed by atoms with Gasteiger partial charge in [-0.1, -0.05) is 17.9 Å². The molecule has 0 saturated carbocycles. The fourth-order valence-corrected chi connectivity index (χ4v) is 3.91. The number of aromatic nitrogens is 2. The van der Waals surface area contributed by atoms with Crippen molar-refractivity contribution in [2.24, 2.45) is 0 Å². The molecule has 1 saturated heterocycles. The predicted octanol–water partition coefficient (Wildman–Crippen LogP) is 0.450. The first-order valence-corrected chi connectivity index (χ1v) is 9.72. The van der Waals surface area contributed by atoms with Crippen molar-refractivity contribution in [2.75, 3.05) is 13.7 Å². The zero-order valence-corrected chi connectivity index (χ0v) is 16.9. The van der Waals surface area contributed by atoms with E-state index in [4.69, 9.17) is 4.74 Å². The maximum absolute atomic E-state index is 12.9. The first kappa shape index (κ1) is 19.4. The quantitative estimate of drug-likeness (QED) is 0.353. The van der Waals surface area contributed by atoms with Crippen LogP contribution in [0.4, 0.5) is 4.79 Å². The summed E-state index contributed by atoms with van der Waals surface area (Å²) < 4.78 is 5.19. The van der Waals surface area contributed by atoms with Gasteiger partial charge in [0.25, 0.3) is 17.4 Å². The minimum Gasteiger partial charge on any atom is -0.497 e. The molecule has 3 heterocycles. The van der Waals surface area contributed by atoms with Gasteiger partial charge < -0.3 is 15.0 Å². The minimum absolute atomic E-state index is 0.128. The van der Waals surface area contributed by atoms with Crippen LogP contribution in [0.3, 0.4) is 0 Å². The molecule has 2 aliphatic heterocycles. The van der Waals surface area contributed by atoms with Gasteiger partial charge in [0.1, 0.15) is 5.75 Å². The van der Waals surface area contributed by atoms with E-state index in [1.54, 1.807) is 36.4 Å². The van der Waals surface area contributed by atoms with E-state index in [1.165, 1.54) is 12.0 Å². The van der Waals surface area contributed by atoms with E-state index < -0.39 is 17.5 Å². The Balaban J connectivity index is 1.48. The number of rotatable bonds is 3. The number of hydrogen-bond acceptors (Lipinski definition) is 5. The molecule has 5 rings (SSSR count). The van der Waals surface area contributed by atoms with Crippen molar-refractivity contribution >= 4 is 28.7 Å². The molecule has 2 aliphatic rings. The Kier molecular flexibility index (Phi) is 4.27. The monoisotopic (exact) mass is 431 g/mol. The molecule has 3 aromatic rings. The summed E-state index contributed by atoms with van der Waals surface area (Å²) in [7, 11) is 1.52. The molecule has 0 aliphatic carbocycles. The Morgan fingerprint density at radius 2 is 1.94 bits per heavy atom. The van der Waals surface area contributed by atoms with Crippen LogP contribution in [0.2, 0.25) is 0 Å². The third kappa shape index (κ3) is 3.07. The lowest BCUT2D eigenvalue weighted by atomic mass is 9.99. The molecule has 4 N–H and O–H groups in total. The van der Waals surface area contributed by atoms with Crippen LogP contribution in [0.5, 0.6) is 5.75 Å². The van der Waals surface area contributed by atoms with E-state index in [9.17, 15) is 19.2 Å².